The lowest BCUT2D eigenvalue weighted by molar-refractivity contribution is -0.139. The summed E-state index contributed by atoms with van der Waals surface area (Å²) in [6.45, 7) is 1.07. The Balaban J connectivity index is 2.48. The van der Waals surface area contributed by atoms with E-state index in [4.69, 9.17) is 4.74 Å². The fraction of sp³-hybridized carbons (Fsp3) is 0.400. The van der Waals surface area contributed by atoms with E-state index in [0.29, 0.717) is 5.56 Å². The van der Waals surface area contributed by atoms with E-state index in [9.17, 15) is 17.6 Å². The van der Waals surface area contributed by atoms with Crippen LogP contribution in [0.5, 0.6) is 5.75 Å². The van der Waals surface area contributed by atoms with Gasteiger partial charge >= 0.3 is 6.18 Å². The normalized spacial score (nSPS) is 11.5. The summed E-state index contributed by atoms with van der Waals surface area (Å²) in [5.74, 6) is -0.373. The minimum Gasteiger partial charge on any atom is -0.493 e. The van der Waals surface area contributed by atoms with Crippen LogP contribution in [0.2, 0.25) is 0 Å². The molecule has 0 aliphatic rings. The monoisotopic (exact) mass is 222 g/mol. The second-order valence-electron chi connectivity index (χ2n) is 3.12. The van der Waals surface area contributed by atoms with Crippen molar-refractivity contribution in [3.05, 3.63) is 29.6 Å². The molecule has 0 heterocycles. The van der Waals surface area contributed by atoms with Crippen molar-refractivity contribution in [2.24, 2.45) is 0 Å². The number of hydrogen-bond donors (Lipinski definition) is 0. The number of halogens is 4. The Morgan fingerprint density at radius 3 is 2.47 bits per heavy atom. The largest absolute Gasteiger partial charge is 0.493 e. The highest BCUT2D eigenvalue weighted by Crippen LogP contribution is 2.21. The standard InChI is InChI=1S/C10H10F4O/c1-7-2-3-8(6-9(7)11)15-5-4-10(12,13)14/h2-3,6H,4-5H2,1H3. The molecule has 1 rings (SSSR count). The minimum atomic E-state index is -4.25. The third-order valence-corrected chi connectivity index (χ3v) is 1.80. The number of hydrogen-bond acceptors (Lipinski definition) is 1. The van der Waals surface area contributed by atoms with Crippen LogP contribution >= 0.6 is 0 Å². The molecule has 0 atom stereocenters. The summed E-state index contributed by atoms with van der Waals surface area (Å²) in [4.78, 5) is 0. The smallest absolute Gasteiger partial charge is 0.392 e. The lowest BCUT2D eigenvalue weighted by Gasteiger charge is -2.08. The van der Waals surface area contributed by atoms with Gasteiger partial charge in [-0.3, -0.25) is 0 Å². The van der Waals surface area contributed by atoms with Crippen molar-refractivity contribution >= 4 is 0 Å². The first-order valence-corrected chi connectivity index (χ1v) is 4.34. The maximum Gasteiger partial charge on any atom is 0.392 e. The number of benzene rings is 1. The van der Waals surface area contributed by atoms with Gasteiger partial charge in [-0.2, -0.15) is 13.2 Å². The first kappa shape index (κ1) is 11.8. The molecule has 0 radical (unpaired) electrons. The van der Waals surface area contributed by atoms with Gasteiger partial charge in [0.15, 0.2) is 0 Å². The van der Waals surface area contributed by atoms with E-state index in [2.05, 4.69) is 0 Å². The Labute approximate surface area is 84.7 Å². The van der Waals surface area contributed by atoms with Crippen LogP contribution in [0.15, 0.2) is 18.2 Å². The van der Waals surface area contributed by atoms with E-state index in [1.165, 1.54) is 12.1 Å². The van der Waals surface area contributed by atoms with E-state index in [0.717, 1.165) is 6.07 Å². The van der Waals surface area contributed by atoms with Gasteiger partial charge in [-0.25, -0.2) is 4.39 Å². The molecule has 0 aromatic heterocycles. The lowest BCUT2D eigenvalue weighted by atomic mass is 10.2. The van der Waals surface area contributed by atoms with Gasteiger partial charge in [0.25, 0.3) is 0 Å². The summed E-state index contributed by atoms with van der Waals surface area (Å²) in [6.07, 6.45) is -5.29. The van der Waals surface area contributed by atoms with E-state index in [1.807, 2.05) is 0 Å². The van der Waals surface area contributed by atoms with Gasteiger partial charge in [-0.1, -0.05) is 6.07 Å². The highest BCUT2D eigenvalue weighted by Gasteiger charge is 2.26. The molecule has 15 heavy (non-hydrogen) atoms. The van der Waals surface area contributed by atoms with Crippen LogP contribution in [0, 0.1) is 12.7 Å². The predicted molar refractivity (Wildman–Crippen MR) is 47.3 cm³/mol. The highest BCUT2D eigenvalue weighted by atomic mass is 19.4. The number of alkyl halides is 3. The Hall–Kier alpha value is -1.26. The van der Waals surface area contributed by atoms with Gasteiger partial charge in [-0.05, 0) is 18.6 Å². The molecular formula is C10H10F4O. The van der Waals surface area contributed by atoms with Crippen molar-refractivity contribution in [2.75, 3.05) is 6.61 Å². The van der Waals surface area contributed by atoms with Crippen LogP contribution in [0.25, 0.3) is 0 Å². The third-order valence-electron chi connectivity index (χ3n) is 1.80. The molecule has 0 N–H and O–H groups in total. The zero-order valence-corrected chi connectivity index (χ0v) is 8.07. The van der Waals surface area contributed by atoms with Crippen LogP contribution in [0.3, 0.4) is 0 Å². The number of rotatable bonds is 3. The van der Waals surface area contributed by atoms with Crippen LogP contribution in [-0.2, 0) is 0 Å². The van der Waals surface area contributed by atoms with Crippen molar-refractivity contribution in [1.82, 2.24) is 0 Å². The Bertz CT molecular complexity index is 333. The Kier molecular flexibility index (Phi) is 3.55. The first-order valence-electron chi connectivity index (χ1n) is 4.34. The molecule has 0 spiro atoms. The quantitative estimate of drug-likeness (QED) is 0.711. The molecule has 0 saturated carbocycles. The van der Waals surface area contributed by atoms with Crippen molar-refractivity contribution in [3.8, 4) is 5.75 Å². The van der Waals surface area contributed by atoms with Gasteiger partial charge in [0.05, 0.1) is 13.0 Å². The highest BCUT2D eigenvalue weighted by molar-refractivity contribution is 5.27. The topological polar surface area (TPSA) is 9.23 Å². The summed E-state index contributed by atoms with van der Waals surface area (Å²) in [5, 5.41) is 0. The minimum absolute atomic E-state index is 0.113. The van der Waals surface area contributed by atoms with Gasteiger partial charge < -0.3 is 4.74 Å². The number of aryl methyl sites for hydroxylation is 1. The van der Waals surface area contributed by atoms with Crippen LogP contribution < -0.4 is 4.74 Å². The summed E-state index contributed by atoms with van der Waals surface area (Å²) < 4.78 is 52.9. The summed E-state index contributed by atoms with van der Waals surface area (Å²) in [6, 6.07) is 3.97. The van der Waals surface area contributed by atoms with Gasteiger partial charge in [0.2, 0.25) is 0 Å². The molecule has 1 aromatic carbocycles. The average molecular weight is 222 g/mol. The van der Waals surface area contributed by atoms with Gasteiger partial charge in [-0.15, -0.1) is 0 Å². The molecule has 1 nitrogen and oxygen atoms in total. The fourth-order valence-corrected chi connectivity index (χ4v) is 0.948. The van der Waals surface area contributed by atoms with Crippen molar-refractivity contribution in [3.63, 3.8) is 0 Å². The maximum absolute atomic E-state index is 12.9. The van der Waals surface area contributed by atoms with Crippen LogP contribution in [0.1, 0.15) is 12.0 Å². The van der Waals surface area contributed by atoms with E-state index >= 15 is 0 Å². The zero-order chi connectivity index (χ0) is 11.5. The van der Waals surface area contributed by atoms with E-state index in [-0.39, 0.29) is 5.75 Å². The molecular weight excluding hydrogens is 212 g/mol. The maximum atomic E-state index is 12.9. The van der Waals surface area contributed by atoms with E-state index in [1.54, 1.807) is 6.92 Å². The molecule has 84 valence electrons. The van der Waals surface area contributed by atoms with Crippen LogP contribution in [-0.4, -0.2) is 12.8 Å². The molecule has 1 aromatic rings. The fourth-order valence-electron chi connectivity index (χ4n) is 0.948. The second-order valence-corrected chi connectivity index (χ2v) is 3.12. The van der Waals surface area contributed by atoms with E-state index < -0.39 is 25.0 Å². The summed E-state index contributed by atoms with van der Waals surface area (Å²) in [5.41, 5.74) is 0.429. The Morgan fingerprint density at radius 2 is 1.93 bits per heavy atom. The second kappa shape index (κ2) is 4.51. The van der Waals surface area contributed by atoms with Crippen molar-refractivity contribution in [2.45, 2.75) is 19.5 Å². The SMILES string of the molecule is Cc1ccc(OCCC(F)(F)F)cc1F. The molecule has 0 unspecified atom stereocenters. The van der Waals surface area contributed by atoms with Crippen molar-refractivity contribution < 1.29 is 22.3 Å². The predicted octanol–water partition coefficient (Wildman–Crippen LogP) is 3.47. The average Bonchev–Trinajstić information content (AvgIpc) is 2.09. The molecule has 0 amide bonds. The molecule has 0 aliphatic heterocycles. The third kappa shape index (κ3) is 4.18. The summed E-state index contributed by atoms with van der Waals surface area (Å²) >= 11 is 0. The molecule has 0 fully saturated rings. The van der Waals surface area contributed by atoms with Gasteiger partial charge in [0.1, 0.15) is 11.6 Å². The molecule has 0 saturated heterocycles. The van der Waals surface area contributed by atoms with Gasteiger partial charge in [0, 0.05) is 6.07 Å². The zero-order valence-electron chi connectivity index (χ0n) is 8.07. The Morgan fingerprint density at radius 1 is 1.27 bits per heavy atom. The summed E-state index contributed by atoms with van der Waals surface area (Å²) in [7, 11) is 0. The lowest BCUT2D eigenvalue weighted by Crippen LogP contribution is -2.13. The van der Waals surface area contributed by atoms with Crippen LogP contribution in [0.4, 0.5) is 17.6 Å². The molecule has 5 heteroatoms. The van der Waals surface area contributed by atoms with Crippen molar-refractivity contribution in [1.29, 1.82) is 0 Å². The first-order chi connectivity index (χ1) is 6.88. The molecule has 0 aliphatic carbocycles. The molecule has 0 bridgehead atoms. The number of ether oxygens (including phenoxy) is 1.